The van der Waals surface area contributed by atoms with E-state index in [1.165, 1.54) is 11.0 Å². The number of Topliss-reactive ketones (excluding diaryl/α,β-unsaturated/α-hetero) is 1. The fraction of sp³-hybridized carbons (Fsp3) is 0.409. The number of aromatic nitrogens is 4. The molecule has 2 amide bonds. The van der Waals surface area contributed by atoms with E-state index >= 15 is 0 Å². The first-order valence-corrected chi connectivity index (χ1v) is 10.9. The van der Waals surface area contributed by atoms with Crippen molar-refractivity contribution in [3.63, 3.8) is 0 Å². The monoisotopic (exact) mass is 473 g/mol. The Kier molecular flexibility index (Phi) is 5.18. The number of H-pyrrole nitrogens is 1. The minimum atomic E-state index is -4.47. The van der Waals surface area contributed by atoms with Crippen molar-refractivity contribution < 1.29 is 22.8 Å². The zero-order chi connectivity index (χ0) is 24.2. The molecule has 9 nitrogen and oxygen atoms in total. The molecule has 3 aromatic heterocycles. The Morgan fingerprint density at radius 3 is 2.85 bits per heavy atom. The van der Waals surface area contributed by atoms with Gasteiger partial charge in [-0.05, 0) is 31.0 Å². The molecule has 12 heteroatoms. The molecule has 2 N–H and O–H groups in total. The number of carbonyl (C=O) groups is 2. The second-order valence-electron chi connectivity index (χ2n) is 8.73. The van der Waals surface area contributed by atoms with Gasteiger partial charge in [-0.1, -0.05) is 6.92 Å². The molecule has 5 heterocycles. The van der Waals surface area contributed by atoms with E-state index < -0.39 is 30.3 Å². The van der Waals surface area contributed by atoms with Gasteiger partial charge in [-0.15, -0.1) is 0 Å². The van der Waals surface area contributed by atoms with Gasteiger partial charge in [-0.3, -0.25) is 15.0 Å². The minimum Gasteiger partial charge on any atom is -0.366 e. The molecule has 2 aliphatic heterocycles. The quantitative estimate of drug-likeness (QED) is 0.554. The number of alkyl halides is 3. The number of rotatable bonds is 4. The Morgan fingerprint density at radius 1 is 1.29 bits per heavy atom. The van der Waals surface area contributed by atoms with Gasteiger partial charge in [0.15, 0.2) is 11.6 Å². The van der Waals surface area contributed by atoms with Crippen molar-refractivity contribution in [2.75, 3.05) is 28.2 Å². The Hall–Kier alpha value is -3.70. The van der Waals surface area contributed by atoms with Crippen LogP contribution in [0.15, 0.2) is 24.5 Å². The lowest BCUT2D eigenvalue weighted by Crippen LogP contribution is -2.48. The number of pyridine rings is 1. The van der Waals surface area contributed by atoms with Gasteiger partial charge in [-0.2, -0.15) is 18.2 Å². The average Bonchev–Trinajstić information content (AvgIpc) is 3.37. The predicted molar refractivity (Wildman–Crippen MR) is 119 cm³/mol. The summed E-state index contributed by atoms with van der Waals surface area (Å²) in [6.45, 7) is 4.17. The molecule has 1 saturated heterocycles. The first-order valence-electron chi connectivity index (χ1n) is 10.9. The van der Waals surface area contributed by atoms with Gasteiger partial charge >= 0.3 is 12.2 Å². The molecule has 178 valence electrons. The van der Waals surface area contributed by atoms with E-state index in [1.807, 2.05) is 11.8 Å². The van der Waals surface area contributed by atoms with Gasteiger partial charge in [0.25, 0.3) is 0 Å². The number of amides is 2. The van der Waals surface area contributed by atoms with Crippen LogP contribution in [0, 0.1) is 12.8 Å². The summed E-state index contributed by atoms with van der Waals surface area (Å²) in [5.41, 5.74) is 2.11. The second-order valence-corrected chi connectivity index (χ2v) is 8.73. The molecule has 34 heavy (non-hydrogen) atoms. The Morgan fingerprint density at radius 2 is 2.09 bits per heavy atom. The summed E-state index contributed by atoms with van der Waals surface area (Å²) in [6.07, 6.45) is -1.09. The number of aryl methyl sites for hydroxylation is 1. The van der Waals surface area contributed by atoms with Crippen LogP contribution in [0.2, 0.25) is 0 Å². The van der Waals surface area contributed by atoms with Crippen LogP contribution in [0.3, 0.4) is 0 Å². The van der Waals surface area contributed by atoms with E-state index in [4.69, 9.17) is 0 Å². The summed E-state index contributed by atoms with van der Waals surface area (Å²) >= 11 is 0. The molecule has 0 aromatic carbocycles. The van der Waals surface area contributed by atoms with Crippen molar-refractivity contribution in [1.82, 2.24) is 19.9 Å². The number of ketones is 1. The number of aromatic amines is 1. The lowest BCUT2D eigenvalue weighted by molar-refractivity contribution is -0.168. The topological polar surface area (TPSA) is 107 Å². The van der Waals surface area contributed by atoms with E-state index in [0.717, 1.165) is 17.9 Å². The fourth-order valence-corrected chi connectivity index (χ4v) is 4.38. The highest BCUT2D eigenvalue weighted by molar-refractivity contribution is 6.05. The summed E-state index contributed by atoms with van der Waals surface area (Å²) in [4.78, 5) is 45.2. The van der Waals surface area contributed by atoms with Crippen LogP contribution in [0.1, 0.15) is 35.8 Å². The van der Waals surface area contributed by atoms with Crippen LogP contribution in [0.4, 0.5) is 35.4 Å². The third-order valence-electron chi connectivity index (χ3n) is 6.36. The molecular formula is C22H22F3N7O2. The molecule has 2 aliphatic rings. The standard InChI is InChI=1S/C22H22F3N7O2/c1-11-8-26-18-14(11)9-27-20(29-18)30-21(34)32-13-5-6-31(10-13)16-4-3-15(28-19(16)32)17(33)7-12(2)22(23,24)25/h3-4,8-9,12-13H,5-7,10H2,1-2H3,(H2,26,27,29,30,34)/t12-,13-/m0/s1. The van der Waals surface area contributed by atoms with E-state index in [1.54, 1.807) is 18.5 Å². The lowest BCUT2D eigenvalue weighted by Gasteiger charge is -2.35. The minimum absolute atomic E-state index is 0.102. The van der Waals surface area contributed by atoms with Crippen LogP contribution in [0.5, 0.6) is 0 Å². The van der Waals surface area contributed by atoms with Crippen molar-refractivity contribution in [1.29, 1.82) is 0 Å². The summed E-state index contributed by atoms with van der Waals surface area (Å²) in [5, 5.41) is 3.53. The number of carbonyl (C=O) groups excluding carboxylic acids is 2. The normalized spacial score (nSPS) is 18.2. The number of nitrogens with one attached hydrogen (secondary N) is 2. The number of anilines is 3. The van der Waals surface area contributed by atoms with Gasteiger partial charge in [-0.25, -0.2) is 14.8 Å². The van der Waals surface area contributed by atoms with Crippen LogP contribution >= 0.6 is 0 Å². The maximum atomic E-state index is 13.3. The highest BCUT2D eigenvalue weighted by Gasteiger charge is 2.41. The van der Waals surface area contributed by atoms with Crippen molar-refractivity contribution >= 4 is 40.3 Å². The SMILES string of the molecule is Cc1c[nH]c2nc(NC(=O)N3c4nc(C(=O)C[C@H](C)C(F)(F)F)ccc4N4CC[C@H]3C4)ncc12. The molecule has 5 rings (SSSR count). The van der Waals surface area contributed by atoms with Crippen LogP contribution < -0.4 is 15.1 Å². The van der Waals surface area contributed by atoms with E-state index in [2.05, 4.69) is 25.3 Å². The zero-order valence-corrected chi connectivity index (χ0v) is 18.5. The first kappa shape index (κ1) is 22.1. The molecule has 3 aromatic rings. The molecule has 0 aliphatic carbocycles. The van der Waals surface area contributed by atoms with Gasteiger partial charge in [0, 0.05) is 37.3 Å². The first-order chi connectivity index (χ1) is 16.1. The fourth-order valence-electron chi connectivity index (χ4n) is 4.38. The van der Waals surface area contributed by atoms with Crippen molar-refractivity contribution in [3.8, 4) is 0 Å². The lowest BCUT2D eigenvalue weighted by atomic mass is 10.0. The Labute approximate surface area is 192 Å². The van der Waals surface area contributed by atoms with Gasteiger partial charge < -0.3 is 9.88 Å². The molecule has 0 spiro atoms. The van der Waals surface area contributed by atoms with Crippen LogP contribution in [0.25, 0.3) is 11.0 Å². The molecule has 1 fully saturated rings. The third kappa shape index (κ3) is 3.82. The highest BCUT2D eigenvalue weighted by Crippen LogP contribution is 2.39. The second kappa shape index (κ2) is 7.96. The largest absolute Gasteiger partial charge is 0.391 e. The summed E-state index contributed by atoms with van der Waals surface area (Å²) in [5.74, 6) is -2.17. The maximum Gasteiger partial charge on any atom is 0.391 e. The van der Waals surface area contributed by atoms with E-state index in [9.17, 15) is 22.8 Å². The number of halogens is 3. The van der Waals surface area contributed by atoms with Gasteiger partial charge in [0.05, 0.1) is 17.6 Å². The summed E-state index contributed by atoms with van der Waals surface area (Å²) < 4.78 is 38.8. The number of urea groups is 1. The highest BCUT2D eigenvalue weighted by atomic mass is 19.4. The number of hydrogen-bond donors (Lipinski definition) is 2. The van der Waals surface area contributed by atoms with Crippen LogP contribution in [-0.4, -0.2) is 57.1 Å². The molecule has 0 unspecified atom stereocenters. The molecule has 0 radical (unpaired) electrons. The third-order valence-corrected chi connectivity index (χ3v) is 6.36. The Balaban J connectivity index is 1.43. The summed E-state index contributed by atoms with van der Waals surface area (Å²) in [6, 6.07) is 2.34. The maximum absolute atomic E-state index is 13.3. The molecular weight excluding hydrogens is 451 g/mol. The smallest absolute Gasteiger partial charge is 0.366 e. The van der Waals surface area contributed by atoms with Crippen molar-refractivity contribution in [3.05, 3.63) is 35.8 Å². The van der Waals surface area contributed by atoms with E-state index in [-0.39, 0.29) is 23.5 Å². The Bertz CT molecular complexity index is 1290. The van der Waals surface area contributed by atoms with Gasteiger partial charge in [0.2, 0.25) is 5.95 Å². The van der Waals surface area contributed by atoms with Crippen molar-refractivity contribution in [2.24, 2.45) is 5.92 Å². The number of fused-ring (bicyclic) bond motifs is 5. The number of hydrogen-bond acceptors (Lipinski definition) is 6. The summed E-state index contributed by atoms with van der Waals surface area (Å²) in [7, 11) is 0. The predicted octanol–water partition coefficient (Wildman–Crippen LogP) is 4.06. The number of nitrogens with zero attached hydrogens (tertiary/aromatic N) is 5. The molecule has 2 atom stereocenters. The van der Waals surface area contributed by atoms with Crippen LogP contribution in [-0.2, 0) is 0 Å². The van der Waals surface area contributed by atoms with E-state index in [0.29, 0.717) is 30.8 Å². The molecule has 0 saturated carbocycles. The average molecular weight is 473 g/mol. The zero-order valence-electron chi connectivity index (χ0n) is 18.5. The van der Waals surface area contributed by atoms with Gasteiger partial charge in [0.1, 0.15) is 11.3 Å². The molecule has 2 bridgehead atoms. The van der Waals surface area contributed by atoms with Crippen molar-refractivity contribution in [2.45, 2.75) is 38.9 Å².